The van der Waals surface area contributed by atoms with Gasteiger partial charge in [0.25, 0.3) is 5.91 Å². The van der Waals surface area contributed by atoms with Gasteiger partial charge in [-0.3, -0.25) is 9.78 Å². The fourth-order valence-electron chi connectivity index (χ4n) is 3.18. The maximum absolute atomic E-state index is 12.9. The third-order valence-corrected chi connectivity index (χ3v) is 5.17. The number of aromatic nitrogens is 1. The van der Waals surface area contributed by atoms with Gasteiger partial charge >= 0.3 is 11.9 Å². The monoisotopic (exact) mass is 454 g/mol. The van der Waals surface area contributed by atoms with Crippen molar-refractivity contribution >= 4 is 29.4 Å². The number of nitrogens with zero attached hydrogens (tertiary/aromatic N) is 1. The van der Waals surface area contributed by atoms with E-state index in [1.54, 1.807) is 42.5 Å². The molecule has 0 aliphatic heterocycles. The minimum Gasteiger partial charge on any atom is -0.479 e. The Hall–Kier alpha value is -3.75. The summed E-state index contributed by atoms with van der Waals surface area (Å²) in [7, 11) is 0. The highest BCUT2D eigenvalue weighted by Gasteiger charge is 2.28. The molecule has 1 heterocycles. The number of nitrogens with one attached hydrogen (secondary N) is 1. The molecule has 4 N–H and O–H groups in total. The van der Waals surface area contributed by atoms with Crippen LogP contribution < -0.4 is 5.32 Å². The SMILES string of the molecule is O=C(N[C@H](Cc1ccccc1Cl)[C@@H](O)C(=O)O)c1ccnc(-c2ccccc2C(=O)O)c1. The Kier molecular flexibility index (Phi) is 7.19. The molecule has 32 heavy (non-hydrogen) atoms. The number of aromatic carboxylic acids is 1. The summed E-state index contributed by atoms with van der Waals surface area (Å²) in [4.78, 5) is 39.9. The third kappa shape index (κ3) is 5.29. The molecule has 3 aromatic rings. The van der Waals surface area contributed by atoms with Gasteiger partial charge in [0.2, 0.25) is 0 Å². The number of rotatable bonds is 8. The van der Waals surface area contributed by atoms with Crippen molar-refractivity contribution in [3.8, 4) is 11.3 Å². The van der Waals surface area contributed by atoms with E-state index in [9.17, 15) is 29.7 Å². The molecule has 0 aliphatic carbocycles. The Morgan fingerprint density at radius 3 is 2.38 bits per heavy atom. The molecule has 0 fully saturated rings. The summed E-state index contributed by atoms with van der Waals surface area (Å²) in [5.41, 5.74) is 1.29. The van der Waals surface area contributed by atoms with Gasteiger partial charge in [-0.05, 0) is 36.2 Å². The second-order valence-electron chi connectivity index (χ2n) is 6.94. The van der Waals surface area contributed by atoms with Gasteiger partial charge in [-0.2, -0.15) is 0 Å². The number of carboxylic acid groups (broad SMARTS) is 2. The van der Waals surface area contributed by atoms with Gasteiger partial charge < -0.3 is 20.6 Å². The van der Waals surface area contributed by atoms with Crippen molar-refractivity contribution in [1.29, 1.82) is 0 Å². The van der Waals surface area contributed by atoms with E-state index in [-0.39, 0.29) is 23.2 Å². The second-order valence-corrected chi connectivity index (χ2v) is 7.35. The van der Waals surface area contributed by atoms with Crippen molar-refractivity contribution in [3.05, 3.63) is 88.6 Å². The van der Waals surface area contributed by atoms with Crippen molar-refractivity contribution in [1.82, 2.24) is 10.3 Å². The fourth-order valence-corrected chi connectivity index (χ4v) is 3.39. The number of hydrogen-bond acceptors (Lipinski definition) is 5. The van der Waals surface area contributed by atoms with Crippen LogP contribution in [0.5, 0.6) is 0 Å². The van der Waals surface area contributed by atoms with Crippen LogP contribution in [0.2, 0.25) is 5.02 Å². The largest absolute Gasteiger partial charge is 0.479 e. The number of benzene rings is 2. The van der Waals surface area contributed by atoms with Gasteiger partial charge in [0.1, 0.15) is 0 Å². The van der Waals surface area contributed by atoms with Crippen molar-refractivity contribution in [3.63, 3.8) is 0 Å². The summed E-state index contributed by atoms with van der Waals surface area (Å²) in [6.45, 7) is 0. The van der Waals surface area contributed by atoms with E-state index in [2.05, 4.69) is 10.3 Å². The molecule has 0 spiro atoms. The van der Waals surface area contributed by atoms with Crippen LogP contribution in [0, 0.1) is 0 Å². The lowest BCUT2D eigenvalue weighted by molar-refractivity contribution is -0.148. The number of aliphatic carboxylic acids is 1. The highest BCUT2D eigenvalue weighted by atomic mass is 35.5. The predicted octanol–water partition coefficient (Wildman–Crippen LogP) is 2.89. The summed E-state index contributed by atoms with van der Waals surface area (Å²) in [6.07, 6.45) is -0.539. The lowest BCUT2D eigenvalue weighted by Gasteiger charge is -2.22. The smallest absolute Gasteiger partial charge is 0.336 e. The highest BCUT2D eigenvalue weighted by molar-refractivity contribution is 6.31. The molecular weight excluding hydrogens is 436 g/mol. The van der Waals surface area contributed by atoms with Crippen LogP contribution in [0.4, 0.5) is 0 Å². The molecule has 2 atom stereocenters. The average molecular weight is 455 g/mol. The highest BCUT2D eigenvalue weighted by Crippen LogP contribution is 2.23. The number of halogens is 1. The zero-order valence-corrected chi connectivity index (χ0v) is 17.4. The molecular formula is C23H19ClN2O6. The van der Waals surface area contributed by atoms with Crippen LogP contribution >= 0.6 is 11.6 Å². The standard InChI is InChI=1S/C23H19ClN2O6/c24-17-8-4-1-5-13(17)11-19(20(27)23(31)32)26-21(28)14-9-10-25-18(12-14)15-6-2-3-7-16(15)22(29)30/h1-10,12,19-20,27H,11H2,(H,26,28)(H,29,30)(H,31,32)/t19-,20-/m1/s1. The van der Waals surface area contributed by atoms with E-state index in [1.807, 2.05) is 0 Å². The molecule has 0 saturated carbocycles. The molecule has 2 aromatic carbocycles. The predicted molar refractivity (Wildman–Crippen MR) is 117 cm³/mol. The van der Waals surface area contributed by atoms with Gasteiger partial charge in [0.15, 0.2) is 6.10 Å². The van der Waals surface area contributed by atoms with E-state index in [1.165, 1.54) is 24.4 Å². The van der Waals surface area contributed by atoms with Crippen LogP contribution in [0.3, 0.4) is 0 Å². The zero-order valence-electron chi connectivity index (χ0n) is 16.6. The Morgan fingerprint density at radius 2 is 1.69 bits per heavy atom. The minimum absolute atomic E-state index is 0.0152. The lowest BCUT2D eigenvalue weighted by Crippen LogP contribution is -2.48. The number of aliphatic hydroxyl groups is 1. The van der Waals surface area contributed by atoms with Crippen molar-refractivity contribution in [2.24, 2.45) is 0 Å². The first-order chi connectivity index (χ1) is 15.3. The number of pyridine rings is 1. The minimum atomic E-state index is -1.87. The van der Waals surface area contributed by atoms with Crippen molar-refractivity contribution < 1.29 is 29.7 Å². The molecule has 3 rings (SSSR count). The number of aliphatic hydroxyl groups excluding tert-OH is 1. The fraction of sp³-hybridized carbons (Fsp3) is 0.130. The molecule has 0 saturated heterocycles. The Balaban J connectivity index is 1.89. The summed E-state index contributed by atoms with van der Waals surface area (Å²) in [5, 5.41) is 31.7. The lowest BCUT2D eigenvalue weighted by atomic mass is 10.00. The second kappa shape index (κ2) is 10.0. The van der Waals surface area contributed by atoms with Gasteiger partial charge in [-0.25, -0.2) is 9.59 Å². The first kappa shape index (κ1) is 22.9. The molecule has 8 nitrogen and oxygen atoms in total. The molecule has 0 unspecified atom stereocenters. The first-order valence-electron chi connectivity index (χ1n) is 9.52. The van der Waals surface area contributed by atoms with Crippen LogP contribution in [0.15, 0.2) is 66.9 Å². The van der Waals surface area contributed by atoms with E-state index in [4.69, 9.17) is 11.6 Å². The average Bonchev–Trinajstić information content (AvgIpc) is 2.79. The van der Waals surface area contributed by atoms with E-state index in [0.717, 1.165) is 0 Å². The number of amides is 1. The van der Waals surface area contributed by atoms with Crippen LogP contribution in [0.25, 0.3) is 11.3 Å². The number of hydrogen-bond donors (Lipinski definition) is 4. The van der Waals surface area contributed by atoms with E-state index < -0.39 is 30.0 Å². The summed E-state index contributed by atoms with van der Waals surface area (Å²) >= 11 is 6.14. The molecule has 0 radical (unpaired) electrons. The Labute approximate surface area is 188 Å². The Bertz CT molecular complexity index is 1170. The summed E-state index contributed by atoms with van der Waals surface area (Å²) < 4.78 is 0. The normalized spacial score (nSPS) is 12.6. The van der Waals surface area contributed by atoms with Crippen LogP contribution in [0.1, 0.15) is 26.3 Å². The van der Waals surface area contributed by atoms with Gasteiger partial charge in [0.05, 0.1) is 17.3 Å². The zero-order chi connectivity index (χ0) is 23.3. The van der Waals surface area contributed by atoms with Gasteiger partial charge in [-0.1, -0.05) is 48.0 Å². The summed E-state index contributed by atoms with van der Waals surface area (Å²) in [5.74, 6) is -3.28. The van der Waals surface area contributed by atoms with Gasteiger partial charge in [-0.15, -0.1) is 0 Å². The molecule has 0 bridgehead atoms. The quantitative estimate of drug-likeness (QED) is 0.410. The maximum Gasteiger partial charge on any atom is 0.336 e. The van der Waals surface area contributed by atoms with E-state index >= 15 is 0 Å². The van der Waals surface area contributed by atoms with Gasteiger partial charge in [0, 0.05) is 22.3 Å². The molecule has 1 aromatic heterocycles. The molecule has 1 amide bonds. The van der Waals surface area contributed by atoms with Crippen LogP contribution in [-0.2, 0) is 11.2 Å². The van der Waals surface area contributed by atoms with Crippen LogP contribution in [-0.4, -0.2) is 50.3 Å². The molecule has 164 valence electrons. The Morgan fingerprint density at radius 1 is 1.00 bits per heavy atom. The summed E-state index contributed by atoms with van der Waals surface area (Å²) in [6, 6.07) is 14.6. The molecule has 0 aliphatic rings. The first-order valence-corrected chi connectivity index (χ1v) is 9.89. The number of carbonyl (C=O) groups is 3. The number of carboxylic acids is 2. The maximum atomic E-state index is 12.9. The van der Waals surface area contributed by atoms with E-state index in [0.29, 0.717) is 16.1 Å². The topological polar surface area (TPSA) is 137 Å². The van der Waals surface area contributed by atoms with Crippen molar-refractivity contribution in [2.45, 2.75) is 18.6 Å². The third-order valence-electron chi connectivity index (χ3n) is 4.80. The van der Waals surface area contributed by atoms with Crippen molar-refractivity contribution in [2.75, 3.05) is 0 Å². The number of carbonyl (C=O) groups excluding carboxylic acids is 1. The molecule has 9 heteroatoms.